The zero-order chi connectivity index (χ0) is 8.27. The van der Waals surface area contributed by atoms with Crippen molar-refractivity contribution >= 4 is 0 Å². The lowest BCUT2D eigenvalue weighted by atomic mass is 10.0. The first-order valence-corrected chi connectivity index (χ1v) is 3.89. The molecule has 0 amide bonds. The minimum Gasteiger partial charge on any atom is -0.364 e. The van der Waals surface area contributed by atoms with Crippen molar-refractivity contribution in [1.29, 1.82) is 0 Å². The first-order chi connectivity index (χ1) is 5.25. The summed E-state index contributed by atoms with van der Waals surface area (Å²) in [5, 5.41) is 3.87. The second-order valence-electron chi connectivity index (χ2n) is 2.91. The van der Waals surface area contributed by atoms with Crippen molar-refractivity contribution in [2.24, 2.45) is 5.73 Å². The van der Waals surface area contributed by atoms with Crippen molar-refractivity contribution in [2.45, 2.75) is 26.2 Å². The van der Waals surface area contributed by atoms with Crippen LogP contribution in [0.1, 0.15) is 31.0 Å². The summed E-state index contributed by atoms with van der Waals surface area (Å²) in [6.07, 6.45) is 2.51. The van der Waals surface area contributed by atoms with Crippen molar-refractivity contribution in [2.75, 3.05) is 6.54 Å². The maximum Gasteiger partial charge on any atom is 0.127 e. The highest BCUT2D eigenvalue weighted by Gasteiger charge is 2.09. The minimum absolute atomic E-state index is 0.475. The van der Waals surface area contributed by atoms with Crippen LogP contribution >= 0.6 is 0 Å². The van der Waals surface area contributed by atoms with Gasteiger partial charge in [-0.05, 0) is 12.5 Å². The summed E-state index contributed by atoms with van der Waals surface area (Å²) in [7, 11) is 0. The summed E-state index contributed by atoms with van der Waals surface area (Å²) in [6.45, 7) is 4.87. The number of aromatic nitrogens is 1. The molecule has 0 unspecified atom stereocenters. The van der Waals surface area contributed by atoms with E-state index in [1.807, 2.05) is 0 Å². The predicted molar refractivity (Wildman–Crippen MR) is 43.4 cm³/mol. The lowest BCUT2D eigenvalue weighted by Gasteiger charge is -2.01. The zero-order valence-corrected chi connectivity index (χ0v) is 7.00. The van der Waals surface area contributed by atoms with E-state index in [4.69, 9.17) is 10.3 Å². The summed E-state index contributed by atoms with van der Waals surface area (Å²) in [6, 6.07) is 0. The zero-order valence-electron chi connectivity index (χ0n) is 7.00. The molecule has 0 radical (unpaired) electrons. The van der Waals surface area contributed by atoms with Gasteiger partial charge in [0.15, 0.2) is 0 Å². The number of nitrogens with zero attached hydrogens (tertiary/aromatic N) is 1. The van der Waals surface area contributed by atoms with Crippen LogP contribution in [0, 0.1) is 0 Å². The Balaban J connectivity index is 2.78. The van der Waals surface area contributed by atoms with Gasteiger partial charge in [0.25, 0.3) is 0 Å². The van der Waals surface area contributed by atoms with Crippen molar-refractivity contribution in [3.05, 3.63) is 17.5 Å². The molecule has 0 aromatic carbocycles. The van der Waals surface area contributed by atoms with Crippen LogP contribution in [-0.2, 0) is 6.42 Å². The van der Waals surface area contributed by atoms with Gasteiger partial charge in [-0.3, -0.25) is 0 Å². The molecule has 0 aliphatic carbocycles. The van der Waals surface area contributed by atoms with E-state index < -0.39 is 0 Å². The molecule has 0 spiro atoms. The van der Waals surface area contributed by atoms with Gasteiger partial charge >= 0.3 is 0 Å². The van der Waals surface area contributed by atoms with Gasteiger partial charge < -0.3 is 10.3 Å². The molecule has 1 rings (SSSR count). The van der Waals surface area contributed by atoms with E-state index in [-0.39, 0.29) is 0 Å². The molecule has 0 bridgehead atoms. The van der Waals surface area contributed by atoms with E-state index in [9.17, 15) is 0 Å². The van der Waals surface area contributed by atoms with Crippen LogP contribution in [0.4, 0.5) is 0 Å². The van der Waals surface area contributed by atoms with Crippen LogP contribution < -0.4 is 5.73 Å². The highest BCUT2D eigenvalue weighted by Crippen LogP contribution is 2.17. The Hall–Kier alpha value is -0.830. The molecule has 3 nitrogen and oxygen atoms in total. The van der Waals surface area contributed by atoms with Crippen molar-refractivity contribution < 1.29 is 4.52 Å². The Morgan fingerprint density at radius 2 is 2.36 bits per heavy atom. The molecule has 0 fully saturated rings. The Kier molecular flexibility index (Phi) is 2.65. The van der Waals surface area contributed by atoms with Crippen molar-refractivity contribution in [3.8, 4) is 0 Å². The van der Waals surface area contributed by atoms with Crippen LogP contribution in [0.3, 0.4) is 0 Å². The smallest absolute Gasteiger partial charge is 0.127 e. The topological polar surface area (TPSA) is 52.0 Å². The fourth-order valence-electron chi connectivity index (χ4n) is 1.06. The molecule has 2 N–H and O–H groups in total. The average molecular weight is 154 g/mol. The lowest BCUT2D eigenvalue weighted by molar-refractivity contribution is 0.411. The first-order valence-electron chi connectivity index (χ1n) is 3.89. The molecule has 11 heavy (non-hydrogen) atoms. The fraction of sp³-hybridized carbons (Fsp3) is 0.625. The van der Waals surface area contributed by atoms with Gasteiger partial charge in [-0.2, -0.15) is 0 Å². The third-order valence-electron chi connectivity index (χ3n) is 1.68. The van der Waals surface area contributed by atoms with Crippen LogP contribution in [0.5, 0.6) is 0 Å². The van der Waals surface area contributed by atoms with E-state index >= 15 is 0 Å². The SMILES string of the molecule is CC(C)c1conc1CCN. The standard InChI is InChI=1S/C8H14N2O/c1-6(2)7-5-11-10-8(7)3-4-9/h5-6H,3-4,9H2,1-2H3. The fourth-order valence-corrected chi connectivity index (χ4v) is 1.06. The molecular weight excluding hydrogens is 140 g/mol. The third kappa shape index (κ3) is 1.80. The van der Waals surface area contributed by atoms with Gasteiger partial charge in [0.2, 0.25) is 0 Å². The summed E-state index contributed by atoms with van der Waals surface area (Å²) in [5.74, 6) is 0.475. The van der Waals surface area contributed by atoms with E-state index in [0.29, 0.717) is 12.5 Å². The summed E-state index contributed by atoms with van der Waals surface area (Å²) in [4.78, 5) is 0. The Bertz CT molecular complexity index is 218. The van der Waals surface area contributed by atoms with Crippen molar-refractivity contribution in [3.63, 3.8) is 0 Å². The highest BCUT2D eigenvalue weighted by atomic mass is 16.5. The molecule has 1 heterocycles. The van der Waals surface area contributed by atoms with E-state index in [1.165, 1.54) is 5.56 Å². The van der Waals surface area contributed by atoms with Crippen LogP contribution in [0.15, 0.2) is 10.8 Å². The molecule has 0 saturated heterocycles. The molecule has 0 aliphatic rings. The van der Waals surface area contributed by atoms with E-state index in [2.05, 4.69) is 19.0 Å². The van der Waals surface area contributed by atoms with Gasteiger partial charge in [0, 0.05) is 12.0 Å². The molecule has 0 saturated carbocycles. The maximum absolute atomic E-state index is 5.41. The number of hydrogen-bond acceptors (Lipinski definition) is 3. The second-order valence-corrected chi connectivity index (χ2v) is 2.91. The normalized spacial score (nSPS) is 10.9. The largest absolute Gasteiger partial charge is 0.364 e. The summed E-state index contributed by atoms with van der Waals surface area (Å²) >= 11 is 0. The molecule has 3 heteroatoms. The Morgan fingerprint density at radius 1 is 1.64 bits per heavy atom. The predicted octanol–water partition coefficient (Wildman–Crippen LogP) is 1.30. The Labute approximate surface area is 66.6 Å². The van der Waals surface area contributed by atoms with Crippen LogP contribution in [-0.4, -0.2) is 11.7 Å². The summed E-state index contributed by atoms with van der Waals surface area (Å²) < 4.78 is 4.85. The summed E-state index contributed by atoms with van der Waals surface area (Å²) in [5.41, 5.74) is 7.59. The monoisotopic (exact) mass is 154 g/mol. The number of rotatable bonds is 3. The van der Waals surface area contributed by atoms with Crippen molar-refractivity contribution in [1.82, 2.24) is 5.16 Å². The second kappa shape index (κ2) is 3.53. The number of hydrogen-bond donors (Lipinski definition) is 1. The lowest BCUT2D eigenvalue weighted by Crippen LogP contribution is -2.05. The minimum atomic E-state index is 0.475. The molecule has 1 aromatic heterocycles. The quantitative estimate of drug-likeness (QED) is 0.714. The molecule has 1 aromatic rings. The van der Waals surface area contributed by atoms with Gasteiger partial charge in [0.1, 0.15) is 6.26 Å². The average Bonchev–Trinajstić information content (AvgIpc) is 2.36. The van der Waals surface area contributed by atoms with Gasteiger partial charge in [-0.25, -0.2) is 0 Å². The van der Waals surface area contributed by atoms with E-state index in [1.54, 1.807) is 6.26 Å². The van der Waals surface area contributed by atoms with Gasteiger partial charge in [-0.15, -0.1) is 0 Å². The third-order valence-corrected chi connectivity index (χ3v) is 1.68. The first kappa shape index (κ1) is 8.27. The van der Waals surface area contributed by atoms with Gasteiger partial charge in [-0.1, -0.05) is 19.0 Å². The Morgan fingerprint density at radius 3 is 2.91 bits per heavy atom. The van der Waals surface area contributed by atoms with Crippen LogP contribution in [0.25, 0.3) is 0 Å². The molecule has 0 aliphatic heterocycles. The number of nitrogens with two attached hydrogens (primary N) is 1. The van der Waals surface area contributed by atoms with Crippen LogP contribution in [0.2, 0.25) is 0 Å². The molecular formula is C8H14N2O. The highest BCUT2D eigenvalue weighted by molar-refractivity contribution is 5.18. The van der Waals surface area contributed by atoms with Gasteiger partial charge in [0.05, 0.1) is 5.69 Å². The van der Waals surface area contributed by atoms with E-state index in [0.717, 1.165) is 12.1 Å². The molecule has 0 atom stereocenters. The molecule has 62 valence electrons. The maximum atomic E-state index is 5.41.